The second-order valence-corrected chi connectivity index (χ2v) is 9.55. The van der Waals surface area contributed by atoms with Crippen molar-refractivity contribution in [2.45, 2.75) is 24.9 Å². The van der Waals surface area contributed by atoms with Gasteiger partial charge in [-0.3, -0.25) is 14.2 Å². The van der Waals surface area contributed by atoms with E-state index in [9.17, 15) is 14.2 Å². The molecule has 0 aliphatic heterocycles. The zero-order valence-electron chi connectivity index (χ0n) is 11.3. The van der Waals surface area contributed by atoms with Gasteiger partial charge in [-0.1, -0.05) is 0 Å². The molecule has 14 heteroatoms. The van der Waals surface area contributed by atoms with E-state index in [4.69, 9.17) is 41.3 Å². The second-order valence-electron chi connectivity index (χ2n) is 4.24. The van der Waals surface area contributed by atoms with Gasteiger partial charge >= 0.3 is 19.5 Å². The average molecular weight is 382 g/mol. The van der Waals surface area contributed by atoms with Crippen LogP contribution in [-0.2, 0) is 26.0 Å². The molecule has 11 nitrogen and oxygen atoms in total. The first-order valence-electron chi connectivity index (χ1n) is 5.71. The summed E-state index contributed by atoms with van der Waals surface area (Å²) in [6.45, 7) is -3.27. The molecular formula is C8H20N2O9P2S. The molecule has 0 aromatic rings. The number of carbonyl (C=O) groups is 2. The highest BCUT2D eigenvalue weighted by Gasteiger charge is 2.18. The number of rotatable bonds is 8. The molecule has 0 amide bonds. The Kier molecular flexibility index (Phi) is 11.2. The lowest BCUT2D eigenvalue weighted by Gasteiger charge is -2.09. The van der Waals surface area contributed by atoms with Crippen LogP contribution in [0.3, 0.4) is 0 Å². The predicted octanol–water partition coefficient (Wildman–Crippen LogP) is -1.95. The third kappa shape index (κ3) is 17.6. The van der Waals surface area contributed by atoms with Crippen molar-refractivity contribution in [2.24, 2.45) is 11.5 Å². The number of carboxylic acid groups (broad SMARTS) is 2. The smallest absolute Gasteiger partial charge is 0.325 e. The highest BCUT2D eigenvalue weighted by molar-refractivity contribution is 8.09. The summed E-state index contributed by atoms with van der Waals surface area (Å²) in [5, 5.41) is 16.5. The molecule has 0 radical (unpaired) electrons. The van der Waals surface area contributed by atoms with Crippen LogP contribution in [0.15, 0.2) is 0 Å². The third-order valence-corrected chi connectivity index (χ3v) is 4.33. The Bertz CT molecular complexity index is 421. The molecule has 0 saturated carbocycles. The van der Waals surface area contributed by atoms with Crippen LogP contribution in [0.2, 0.25) is 0 Å². The largest absolute Gasteiger partial charge is 0.480 e. The summed E-state index contributed by atoms with van der Waals surface area (Å²) in [4.78, 5) is 54.1. The zero-order valence-corrected chi connectivity index (χ0v) is 14.0. The maximum Gasteiger partial charge on any atom is 0.325 e. The summed E-state index contributed by atoms with van der Waals surface area (Å²) < 4.78 is 10.2. The fraction of sp³-hybridized carbons (Fsp3) is 0.750. The standard InChI is InChI=1S/C4H10NO5P.C4H10NO4PS/c5-3(4(6)7)1-2-11(8,9)10;5-3(4(6)7)1-2-10(8,9)11/h3H,1-2,5H2,(H,6,7)(H2,8,9,10);3H,1-2,5H2,(H,6,7)(H2,8,9,11)/t2*3-/m00/s1. The maximum atomic E-state index is 10.2. The minimum absolute atomic E-state index is 0.000386. The molecule has 0 unspecified atom stereocenters. The summed E-state index contributed by atoms with van der Waals surface area (Å²) in [6.07, 6.45) is -0.810. The summed E-state index contributed by atoms with van der Waals surface area (Å²) in [5.74, 6) is -2.41. The highest BCUT2D eigenvalue weighted by Crippen LogP contribution is 2.35. The molecule has 0 heterocycles. The van der Waals surface area contributed by atoms with Gasteiger partial charge in [0.1, 0.15) is 12.1 Å². The molecule has 0 rings (SSSR count). The van der Waals surface area contributed by atoms with Crippen molar-refractivity contribution in [1.82, 2.24) is 0 Å². The van der Waals surface area contributed by atoms with Gasteiger partial charge in [0.2, 0.25) is 0 Å². The van der Waals surface area contributed by atoms with Crippen molar-refractivity contribution < 1.29 is 43.9 Å². The van der Waals surface area contributed by atoms with Gasteiger partial charge in [-0.2, -0.15) is 0 Å². The van der Waals surface area contributed by atoms with Gasteiger partial charge in [0.25, 0.3) is 0 Å². The molecule has 0 spiro atoms. The molecule has 0 aliphatic rings. The van der Waals surface area contributed by atoms with Gasteiger partial charge in [0.05, 0.1) is 6.16 Å². The van der Waals surface area contributed by atoms with E-state index in [2.05, 4.69) is 11.8 Å². The van der Waals surface area contributed by atoms with Gasteiger partial charge in [0.15, 0.2) is 6.49 Å². The van der Waals surface area contributed by atoms with Gasteiger partial charge < -0.3 is 41.3 Å². The predicted molar refractivity (Wildman–Crippen MR) is 81.0 cm³/mol. The number of carboxylic acids is 2. The van der Waals surface area contributed by atoms with Crippen molar-refractivity contribution in [3.63, 3.8) is 0 Å². The first-order chi connectivity index (χ1) is 9.65. The van der Waals surface area contributed by atoms with Crippen molar-refractivity contribution in [2.75, 3.05) is 12.3 Å². The molecule has 2 atom stereocenters. The Hall–Kier alpha value is -0.420. The lowest BCUT2D eigenvalue weighted by atomic mass is 10.2. The van der Waals surface area contributed by atoms with Gasteiger partial charge in [-0.25, -0.2) is 0 Å². The zero-order chi connectivity index (χ0) is 18.1. The van der Waals surface area contributed by atoms with Crippen molar-refractivity contribution in [1.29, 1.82) is 0 Å². The summed E-state index contributed by atoms with van der Waals surface area (Å²) >= 11 is 4.26. The van der Waals surface area contributed by atoms with Crippen LogP contribution >= 0.6 is 14.1 Å². The monoisotopic (exact) mass is 382 g/mol. The molecule has 0 saturated heterocycles. The molecular weight excluding hydrogens is 362 g/mol. The Morgan fingerprint density at radius 3 is 1.45 bits per heavy atom. The Labute approximate surface area is 131 Å². The van der Waals surface area contributed by atoms with Crippen LogP contribution in [0.4, 0.5) is 0 Å². The summed E-state index contributed by atoms with van der Waals surface area (Å²) in [7, 11) is -4.10. The van der Waals surface area contributed by atoms with Gasteiger partial charge in [-0.05, 0) is 24.6 Å². The Morgan fingerprint density at radius 2 is 1.23 bits per heavy atom. The van der Waals surface area contributed by atoms with Crippen LogP contribution in [0.1, 0.15) is 12.8 Å². The number of hydrogen-bond acceptors (Lipinski definition) is 6. The first kappa shape index (κ1) is 23.8. The SMILES string of the molecule is N[C@@H](CCP(=O)(O)O)C(=O)O.N[C@@H](CCP(O)(O)=S)C(=O)O. The minimum atomic E-state index is -4.10. The molecule has 132 valence electrons. The Balaban J connectivity index is 0. The lowest BCUT2D eigenvalue weighted by molar-refractivity contribution is -0.139. The summed E-state index contributed by atoms with van der Waals surface area (Å²) in [6, 6.07) is -2.25. The molecule has 0 fully saturated rings. The van der Waals surface area contributed by atoms with Crippen LogP contribution in [0.5, 0.6) is 0 Å². The number of nitrogens with two attached hydrogens (primary N) is 2. The van der Waals surface area contributed by atoms with Crippen LogP contribution in [0, 0.1) is 0 Å². The minimum Gasteiger partial charge on any atom is -0.480 e. The highest BCUT2D eigenvalue weighted by atomic mass is 32.5. The van der Waals surface area contributed by atoms with Crippen LogP contribution < -0.4 is 11.5 Å². The van der Waals surface area contributed by atoms with Gasteiger partial charge in [-0.15, -0.1) is 0 Å². The van der Waals surface area contributed by atoms with E-state index in [1.54, 1.807) is 0 Å². The topological polar surface area (TPSA) is 225 Å². The van der Waals surface area contributed by atoms with Crippen LogP contribution in [0.25, 0.3) is 0 Å². The quantitative estimate of drug-likeness (QED) is 0.214. The van der Waals surface area contributed by atoms with Crippen LogP contribution in [-0.4, -0.2) is 66.1 Å². The lowest BCUT2D eigenvalue weighted by Crippen LogP contribution is -2.30. The molecule has 0 aliphatic carbocycles. The van der Waals surface area contributed by atoms with E-state index in [0.717, 1.165) is 0 Å². The average Bonchev–Trinajstić information content (AvgIpc) is 2.31. The number of hydrogen-bond donors (Lipinski definition) is 8. The molecule has 0 aromatic carbocycles. The normalized spacial score (nSPS) is 14.5. The second kappa shape index (κ2) is 10.4. The molecule has 22 heavy (non-hydrogen) atoms. The molecule has 10 N–H and O–H groups in total. The van der Waals surface area contributed by atoms with Gasteiger partial charge in [0, 0.05) is 6.16 Å². The van der Waals surface area contributed by atoms with E-state index in [1.165, 1.54) is 0 Å². The third-order valence-electron chi connectivity index (χ3n) is 2.10. The summed E-state index contributed by atoms with van der Waals surface area (Å²) in [5.41, 5.74) is 10.1. The number of aliphatic carboxylic acids is 2. The van der Waals surface area contributed by atoms with E-state index in [0.29, 0.717) is 0 Å². The van der Waals surface area contributed by atoms with E-state index >= 15 is 0 Å². The van der Waals surface area contributed by atoms with Crippen molar-refractivity contribution in [3.05, 3.63) is 0 Å². The maximum absolute atomic E-state index is 10.2. The first-order valence-corrected chi connectivity index (χ1v) is 10.4. The fourth-order valence-corrected chi connectivity index (χ4v) is 2.41. The van der Waals surface area contributed by atoms with E-state index < -0.39 is 44.3 Å². The Morgan fingerprint density at radius 1 is 0.909 bits per heavy atom. The fourth-order valence-electron chi connectivity index (χ4n) is 0.861. The molecule has 0 bridgehead atoms. The van der Waals surface area contributed by atoms with Crippen molar-refractivity contribution >= 4 is 37.8 Å². The van der Waals surface area contributed by atoms with E-state index in [-0.39, 0.29) is 19.0 Å². The molecule has 0 aromatic heterocycles. The van der Waals surface area contributed by atoms with E-state index in [1.807, 2.05) is 0 Å². The van der Waals surface area contributed by atoms with Crippen molar-refractivity contribution in [3.8, 4) is 0 Å².